The summed E-state index contributed by atoms with van der Waals surface area (Å²) in [5, 5.41) is 11.8. The summed E-state index contributed by atoms with van der Waals surface area (Å²) in [5.41, 5.74) is 1.75. The van der Waals surface area contributed by atoms with Crippen molar-refractivity contribution in [2.24, 2.45) is 16.8 Å². The number of carboxylic acids is 1. The van der Waals surface area contributed by atoms with Crippen molar-refractivity contribution in [1.29, 1.82) is 0 Å². The summed E-state index contributed by atoms with van der Waals surface area (Å²) in [5.74, 6) is -8.04. The molecule has 2 aromatic rings. The number of amides is 2. The Kier molecular flexibility index (Phi) is 9.03. The minimum Gasteiger partial charge on any atom is -0.481 e. The molecule has 0 saturated carbocycles. The fourth-order valence-corrected chi connectivity index (χ4v) is 4.33. The number of halogens is 6. The largest absolute Gasteiger partial charge is 0.481 e. The highest BCUT2D eigenvalue weighted by atomic mass is 19.4. The lowest BCUT2D eigenvalue weighted by atomic mass is 9.84. The number of fused-ring (bicyclic) bond motifs is 1. The Labute approximate surface area is 219 Å². The third-order valence-corrected chi connectivity index (χ3v) is 6.29. The molecule has 0 fully saturated rings. The molecular formula is C26H25F6N3O4. The van der Waals surface area contributed by atoms with E-state index >= 15 is 0 Å². The van der Waals surface area contributed by atoms with E-state index < -0.39 is 73.8 Å². The predicted octanol–water partition coefficient (Wildman–Crippen LogP) is 4.94. The third-order valence-electron chi connectivity index (χ3n) is 6.29. The Morgan fingerprint density at radius 2 is 1.46 bits per heavy atom. The van der Waals surface area contributed by atoms with Crippen LogP contribution in [0, 0.1) is 11.8 Å². The molecule has 0 unspecified atom stereocenters. The number of benzodiazepines with no additional fused rings is 1. The fourth-order valence-electron chi connectivity index (χ4n) is 4.33. The van der Waals surface area contributed by atoms with Gasteiger partial charge >= 0.3 is 18.3 Å². The predicted molar refractivity (Wildman–Crippen MR) is 129 cm³/mol. The quantitative estimate of drug-likeness (QED) is 0.427. The molecule has 2 aromatic carbocycles. The van der Waals surface area contributed by atoms with Crippen LogP contribution in [0.4, 0.5) is 32.0 Å². The van der Waals surface area contributed by atoms with Gasteiger partial charge in [-0.1, -0.05) is 48.5 Å². The zero-order valence-electron chi connectivity index (χ0n) is 20.6. The summed E-state index contributed by atoms with van der Waals surface area (Å²) < 4.78 is 77.5. The highest BCUT2D eigenvalue weighted by Crippen LogP contribution is 2.33. The number of carbonyl (C=O) groups is 3. The summed E-state index contributed by atoms with van der Waals surface area (Å²) in [7, 11) is 1.40. The standard InChI is InChI=1S/C26H25F6N3O4/c1-35-19-10-6-5-9-18(19)20(15-7-3-2-4-8-15)33-21(23(35)37)34-22(36)16(11-13-25(27,28)29)17(24(38)39)12-14-26(30,31)32/h2-10,16-17,21H,11-14H2,1H3,(H,34,36)(H,38,39)/t16-,17+,21-/m1/s1. The molecule has 1 aliphatic rings. The molecule has 210 valence electrons. The van der Waals surface area contributed by atoms with Crippen molar-refractivity contribution in [3.05, 3.63) is 65.7 Å². The Morgan fingerprint density at radius 3 is 2.03 bits per heavy atom. The molecule has 0 aromatic heterocycles. The van der Waals surface area contributed by atoms with Crippen molar-refractivity contribution >= 4 is 29.2 Å². The maximum atomic E-state index is 13.3. The number of hydrogen-bond donors (Lipinski definition) is 2. The van der Waals surface area contributed by atoms with Gasteiger partial charge in [0.15, 0.2) is 0 Å². The lowest BCUT2D eigenvalue weighted by Gasteiger charge is -2.26. The van der Waals surface area contributed by atoms with E-state index in [1.807, 2.05) is 0 Å². The van der Waals surface area contributed by atoms with Gasteiger partial charge < -0.3 is 15.3 Å². The lowest BCUT2D eigenvalue weighted by molar-refractivity contribution is -0.159. The fraction of sp³-hybridized carbons (Fsp3) is 0.385. The number of alkyl halides is 6. The molecule has 7 nitrogen and oxygen atoms in total. The Bertz CT molecular complexity index is 1230. The molecule has 0 saturated heterocycles. The van der Waals surface area contributed by atoms with Gasteiger partial charge in [0, 0.05) is 31.0 Å². The summed E-state index contributed by atoms with van der Waals surface area (Å²) >= 11 is 0. The van der Waals surface area contributed by atoms with Gasteiger partial charge in [0.05, 0.1) is 23.2 Å². The van der Waals surface area contributed by atoms with Gasteiger partial charge in [-0.15, -0.1) is 0 Å². The number of para-hydroxylation sites is 1. The van der Waals surface area contributed by atoms with E-state index in [4.69, 9.17) is 0 Å². The van der Waals surface area contributed by atoms with Crippen molar-refractivity contribution in [3.8, 4) is 0 Å². The normalized spacial score (nSPS) is 17.5. The smallest absolute Gasteiger partial charge is 0.389 e. The van der Waals surface area contributed by atoms with Crippen LogP contribution in [-0.4, -0.2) is 54.2 Å². The third kappa shape index (κ3) is 7.80. The molecule has 1 aliphatic heterocycles. The van der Waals surface area contributed by atoms with E-state index in [2.05, 4.69) is 10.3 Å². The number of anilines is 1. The van der Waals surface area contributed by atoms with Gasteiger partial charge in [-0.05, 0) is 18.9 Å². The van der Waals surface area contributed by atoms with Gasteiger partial charge in [-0.2, -0.15) is 26.3 Å². The van der Waals surface area contributed by atoms with Crippen molar-refractivity contribution in [3.63, 3.8) is 0 Å². The number of aliphatic carboxylic acids is 1. The van der Waals surface area contributed by atoms with E-state index in [1.165, 1.54) is 11.9 Å². The van der Waals surface area contributed by atoms with E-state index in [-0.39, 0.29) is 5.71 Å². The molecule has 1 heterocycles. The zero-order valence-corrected chi connectivity index (χ0v) is 20.6. The van der Waals surface area contributed by atoms with Crippen LogP contribution in [0.5, 0.6) is 0 Å². The second-order valence-corrected chi connectivity index (χ2v) is 9.03. The van der Waals surface area contributed by atoms with Gasteiger partial charge in [-0.3, -0.25) is 14.4 Å². The first kappa shape index (κ1) is 29.7. The van der Waals surface area contributed by atoms with Gasteiger partial charge in [0.1, 0.15) is 0 Å². The highest BCUT2D eigenvalue weighted by molar-refractivity contribution is 6.20. The van der Waals surface area contributed by atoms with E-state index in [1.54, 1.807) is 54.6 Å². The highest BCUT2D eigenvalue weighted by Gasteiger charge is 2.41. The first-order chi connectivity index (χ1) is 18.2. The summed E-state index contributed by atoms with van der Waals surface area (Å²) in [4.78, 5) is 43.9. The van der Waals surface area contributed by atoms with E-state index in [0.717, 1.165) is 0 Å². The maximum Gasteiger partial charge on any atom is 0.389 e. The number of likely N-dealkylation sites (N-methyl/N-ethyl adjacent to an activating group) is 1. The number of nitrogens with one attached hydrogen (secondary N) is 1. The van der Waals surface area contributed by atoms with Crippen LogP contribution in [0.25, 0.3) is 0 Å². The van der Waals surface area contributed by atoms with Gasteiger partial charge in [-0.25, -0.2) is 4.99 Å². The number of nitrogens with zero attached hydrogens (tertiary/aromatic N) is 2. The maximum absolute atomic E-state index is 13.3. The Morgan fingerprint density at radius 1 is 0.923 bits per heavy atom. The van der Waals surface area contributed by atoms with E-state index in [0.29, 0.717) is 16.8 Å². The summed E-state index contributed by atoms with van der Waals surface area (Å²) in [6, 6.07) is 15.2. The molecule has 3 rings (SSSR count). The molecule has 39 heavy (non-hydrogen) atoms. The number of aliphatic imine (C=N–C) groups is 1. The number of carboxylic acid groups (broad SMARTS) is 1. The van der Waals surface area contributed by atoms with Crippen LogP contribution in [0.2, 0.25) is 0 Å². The number of hydrogen-bond acceptors (Lipinski definition) is 4. The minimum absolute atomic E-state index is 0.271. The molecule has 0 spiro atoms. The van der Waals surface area contributed by atoms with Crippen LogP contribution >= 0.6 is 0 Å². The Balaban J connectivity index is 2.00. The summed E-state index contributed by atoms with van der Waals surface area (Å²) in [6.07, 6.45) is -16.7. The van der Waals surface area contributed by atoms with Crippen LogP contribution in [0.1, 0.15) is 36.8 Å². The van der Waals surface area contributed by atoms with Gasteiger partial charge in [0.25, 0.3) is 5.91 Å². The monoisotopic (exact) mass is 557 g/mol. The lowest BCUT2D eigenvalue weighted by Crippen LogP contribution is -2.49. The van der Waals surface area contributed by atoms with Crippen LogP contribution < -0.4 is 10.2 Å². The SMILES string of the molecule is CN1C(=O)[C@@H](NC(=O)[C@H](CCC(F)(F)F)[C@H](CCC(F)(F)F)C(=O)O)N=C(c2ccccc2)c2ccccc21. The van der Waals surface area contributed by atoms with Crippen LogP contribution in [0.3, 0.4) is 0 Å². The molecule has 0 aliphatic carbocycles. The molecular weight excluding hydrogens is 532 g/mol. The molecule has 0 bridgehead atoms. The second-order valence-electron chi connectivity index (χ2n) is 9.03. The van der Waals surface area contributed by atoms with Gasteiger partial charge in [0.2, 0.25) is 12.1 Å². The number of carbonyl (C=O) groups excluding carboxylic acids is 2. The van der Waals surface area contributed by atoms with E-state index in [9.17, 15) is 45.8 Å². The van der Waals surface area contributed by atoms with Crippen molar-refractivity contribution in [2.45, 2.75) is 44.2 Å². The molecule has 3 atom stereocenters. The van der Waals surface area contributed by atoms with Crippen molar-refractivity contribution in [1.82, 2.24) is 5.32 Å². The Hall–Kier alpha value is -3.90. The van der Waals surface area contributed by atoms with Crippen LogP contribution in [-0.2, 0) is 14.4 Å². The molecule has 13 heteroatoms. The zero-order chi connectivity index (χ0) is 29.0. The number of rotatable bonds is 9. The first-order valence-electron chi connectivity index (χ1n) is 11.8. The minimum atomic E-state index is -4.80. The average Bonchev–Trinajstić information content (AvgIpc) is 2.95. The van der Waals surface area contributed by atoms with Crippen molar-refractivity contribution in [2.75, 3.05) is 11.9 Å². The topological polar surface area (TPSA) is 99.1 Å². The second kappa shape index (κ2) is 11.9. The van der Waals surface area contributed by atoms with Crippen molar-refractivity contribution < 1.29 is 45.8 Å². The molecule has 2 N–H and O–H groups in total. The summed E-state index contributed by atoms with van der Waals surface area (Å²) in [6.45, 7) is 0. The molecule has 0 radical (unpaired) electrons. The number of benzene rings is 2. The average molecular weight is 557 g/mol. The molecule has 2 amide bonds. The van der Waals surface area contributed by atoms with Crippen LogP contribution in [0.15, 0.2) is 59.6 Å². The first-order valence-corrected chi connectivity index (χ1v) is 11.8.